The maximum Gasteiger partial charge on any atom is 0.127 e. The first-order valence-electron chi connectivity index (χ1n) is 9.15. The molecule has 1 heterocycles. The standard InChI is InChI=1S/C23H23N3O/c1-16-6-2-3-7-18(16)15-26-22-9-5-4-8-21(22)25-23(26)20(24)14-17-10-12-19(27)13-11-17/h2-13,20,27H,14-15,24H2,1H3. The smallest absolute Gasteiger partial charge is 0.127 e. The number of rotatable bonds is 5. The van der Waals surface area contributed by atoms with Gasteiger partial charge < -0.3 is 15.4 Å². The van der Waals surface area contributed by atoms with Crippen LogP contribution in [0, 0.1) is 6.92 Å². The van der Waals surface area contributed by atoms with Crippen LogP contribution in [0.4, 0.5) is 0 Å². The van der Waals surface area contributed by atoms with E-state index < -0.39 is 0 Å². The molecule has 4 heteroatoms. The molecule has 1 aromatic heterocycles. The average molecular weight is 357 g/mol. The molecule has 27 heavy (non-hydrogen) atoms. The maximum absolute atomic E-state index is 9.49. The molecular weight excluding hydrogens is 334 g/mol. The summed E-state index contributed by atoms with van der Waals surface area (Å²) < 4.78 is 2.22. The van der Waals surface area contributed by atoms with Crippen molar-refractivity contribution < 1.29 is 5.11 Å². The van der Waals surface area contributed by atoms with Crippen LogP contribution in [-0.2, 0) is 13.0 Å². The Kier molecular flexibility index (Phi) is 4.65. The van der Waals surface area contributed by atoms with Crippen LogP contribution in [0.25, 0.3) is 11.0 Å². The monoisotopic (exact) mass is 357 g/mol. The summed E-state index contributed by atoms with van der Waals surface area (Å²) in [6.45, 7) is 2.87. The Hall–Kier alpha value is -3.11. The van der Waals surface area contributed by atoms with Gasteiger partial charge in [0.15, 0.2) is 0 Å². The molecule has 0 bridgehead atoms. The topological polar surface area (TPSA) is 64.1 Å². The van der Waals surface area contributed by atoms with Crippen molar-refractivity contribution in [2.45, 2.75) is 25.9 Å². The third-order valence-electron chi connectivity index (χ3n) is 5.00. The van der Waals surface area contributed by atoms with Gasteiger partial charge >= 0.3 is 0 Å². The normalized spacial score (nSPS) is 12.4. The molecule has 0 spiro atoms. The number of fused-ring (bicyclic) bond motifs is 1. The minimum atomic E-state index is -0.231. The fraction of sp³-hybridized carbons (Fsp3) is 0.174. The largest absolute Gasteiger partial charge is 0.508 e. The molecule has 0 saturated heterocycles. The first kappa shape index (κ1) is 17.3. The number of nitrogens with zero attached hydrogens (tertiary/aromatic N) is 2. The van der Waals surface area contributed by atoms with E-state index in [2.05, 4.69) is 41.8 Å². The fourth-order valence-electron chi connectivity index (χ4n) is 3.48. The van der Waals surface area contributed by atoms with E-state index in [9.17, 15) is 5.11 Å². The summed E-state index contributed by atoms with van der Waals surface area (Å²) in [5.41, 5.74) is 12.2. The second-order valence-corrected chi connectivity index (χ2v) is 6.95. The summed E-state index contributed by atoms with van der Waals surface area (Å²) in [5.74, 6) is 1.15. The number of phenols is 1. The molecule has 3 aromatic carbocycles. The zero-order chi connectivity index (χ0) is 18.8. The van der Waals surface area contributed by atoms with Gasteiger partial charge in [0.2, 0.25) is 0 Å². The molecule has 4 rings (SSSR count). The van der Waals surface area contributed by atoms with Gasteiger partial charge in [-0.1, -0.05) is 48.5 Å². The minimum Gasteiger partial charge on any atom is -0.508 e. The van der Waals surface area contributed by atoms with Gasteiger partial charge in [-0.15, -0.1) is 0 Å². The summed E-state index contributed by atoms with van der Waals surface area (Å²) in [6.07, 6.45) is 0.664. The van der Waals surface area contributed by atoms with Crippen molar-refractivity contribution in [2.24, 2.45) is 5.73 Å². The van der Waals surface area contributed by atoms with Gasteiger partial charge in [-0.3, -0.25) is 0 Å². The van der Waals surface area contributed by atoms with E-state index in [1.54, 1.807) is 12.1 Å². The quantitative estimate of drug-likeness (QED) is 0.558. The van der Waals surface area contributed by atoms with E-state index in [0.29, 0.717) is 6.42 Å². The molecule has 3 N–H and O–H groups in total. The number of hydrogen-bond acceptors (Lipinski definition) is 3. The Morgan fingerprint density at radius 3 is 2.44 bits per heavy atom. The van der Waals surface area contributed by atoms with Crippen molar-refractivity contribution in [3.05, 3.63) is 95.3 Å². The van der Waals surface area contributed by atoms with Gasteiger partial charge in [0.25, 0.3) is 0 Å². The van der Waals surface area contributed by atoms with Crippen LogP contribution < -0.4 is 5.73 Å². The van der Waals surface area contributed by atoms with Crippen LogP contribution in [-0.4, -0.2) is 14.7 Å². The van der Waals surface area contributed by atoms with E-state index >= 15 is 0 Å². The van der Waals surface area contributed by atoms with Gasteiger partial charge in [-0.2, -0.15) is 0 Å². The van der Waals surface area contributed by atoms with Gasteiger partial charge in [-0.25, -0.2) is 4.98 Å². The first-order valence-corrected chi connectivity index (χ1v) is 9.15. The Labute approximate surface area is 158 Å². The van der Waals surface area contributed by atoms with Crippen molar-refractivity contribution in [3.63, 3.8) is 0 Å². The number of hydrogen-bond donors (Lipinski definition) is 2. The molecular formula is C23H23N3O. The van der Waals surface area contributed by atoms with Gasteiger partial charge in [0.05, 0.1) is 17.1 Å². The molecule has 0 fully saturated rings. The van der Waals surface area contributed by atoms with E-state index in [1.807, 2.05) is 30.3 Å². The molecule has 0 amide bonds. The zero-order valence-corrected chi connectivity index (χ0v) is 15.3. The number of aromatic hydroxyl groups is 1. The molecule has 0 saturated carbocycles. The summed E-state index contributed by atoms with van der Waals surface area (Å²) in [7, 11) is 0. The van der Waals surface area contributed by atoms with Crippen LogP contribution in [0.2, 0.25) is 0 Å². The predicted molar refractivity (Wildman–Crippen MR) is 109 cm³/mol. The first-order chi connectivity index (χ1) is 13.1. The van der Waals surface area contributed by atoms with E-state index in [-0.39, 0.29) is 11.8 Å². The zero-order valence-electron chi connectivity index (χ0n) is 15.3. The summed E-state index contributed by atoms with van der Waals surface area (Å²) >= 11 is 0. The molecule has 4 aromatic rings. The van der Waals surface area contributed by atoms with E-state index in [1.165, 1.54) is 11.1 Å². The van der Waals surface area contributed by atoms with Crippen molar-refractivity contribution in [1.29, 1.82) is 0 Å². The average Bonchev–Trinajstić information content (AvgIpc) is 3.04. The number of para-hydroxylation sites is 2. The van der Waals surface area contributed by atoms with Gasteiger partial charge in [0, 0.05) is 6.54 Å². The van der Waals surface area contributed by atoms with E-state index in [4.69, 9.17) is 10.7 Å². The Morgan fingerprint density at radius 1 is 0.963 bits per heavy atom. The molecule has 4 nitrogen and oxygen atoms in total. The highest BCUT2D eigenvalue weighted by atomic mass is 16.3. The molecule has 0 aliphatic heterocycles. The van der Waals surface area contributed by atoms with Crippen molar-refractivity contribution >= 4 is 11.0 Å². The minimum absolute atomic E-state index is 0.231. The Morgan fingerprint density at radius 2 is 1.67 bits per heavy atom. The van der Waals surface area contributed by atoms with Crippen LogP contribution in [0.3, 0.4) is 0 Å². The van der Waals surface area contributed by atoms with Crippen molar-refractivity contribution in [3.8, 4) is 5.75 Å². The van der Waals surface area contributed by atoms with Crippen molar-refractivity contribution in [1.82, 2.24) is 9.55 Å². The molecule has 0 aliphatic rings. The third-order valence-corrected chi connectivity index (χ3v) is 5.00. The second-order valence-electron chi connectivity index (χ2n) is 6.95. The van der Waals surface area contributed by atoms with Gasteiger partial charge in [0.1, 0.15) is 11.6 Å². The van der Waals surface area contributed by atoms with Crippen molar-refractivity contribution in [2.75, 3.05) is 0 Å². The number of aryl methyl sites for hydroxylation is 1. The third kappa shape index (κ3) is 3.57. The van der Waals surface area contributed by atoms with Crippen LogP contribution in [0.5, 0.6) is 5.75 Å². The van der Waals surface area contributed by atoms with Crippen LogP contribution in [0.1, 0.15) is 28.6 Å². The Bertz CT molecular complexity index is 1070. The van der Waals surface area contributed by atoms with E-state index in [0.717, 1.165) is 29.0 Å². The molecule has 0 radical (unpaired) electrons. The highest BCUT2D eigenvalue weighted by molar-refractivity contribution is 5.76. The second kappa shape index (κ2) is 7.25. The molecule has 136 valence electrons. The van der Waals surface area contributed by atoms with Crippen LogP contribution in [0.15, 0.2) is 72.8 Å². The lowest BCUT2D eigenvalue weighted by molar-refractivity contribution is 0.475. The molecule has 1 atom stereocenters. The molecule has 1 unspecified atom stereocenters. The Balaban J connectivity index is 1.73. The number of nitrogens with two attached hydrogens (primary N) is 1. The number of aromatic nitrogens is 2. The van der Waals surface area contributed by atoms with Crippen LogP contribution >= 0.6 is 0 Å². The predicted octanol–water partition coefficient (Wildman–Crippen LogP) is 4.34. The SMILES string of the molecule is Cc1ccccc1Cn1c(C(N)Cc2ccc(O)cc2)nc2ccccc21. The number of phenolic OH excluding ortho intramolecular Hbond substituents is 1. The lowest BCUT2D eigenvalue weighted by Gasteiger charge is -2.16. The lowest BCUT2D eigenvalue weighted by Crippen LogP contribution is -2.19. The highest BCUT2D eigenvalue weighted by Crippen LogP contribution is 2.24. The number of imidazole rings is 1. The summed E-state index contributed by atoms with van der Waals surface area (Å²) in [5, 5.41) is 9.49. The summed E-state index contributed by atoms with van der Waals surface area (Å²) in [6, 6.07) is 23.5. The number of benzene rings is 3. The summed E-state index contributed by atoms with van der Waals surface area (Å²) in [4.78, 5) is 4.84. The maximum atomic E-state index is 9.49. The highest BCUT2D eigenvalue weighted by Gasteiger charge is 2.18. The molecule has 0 aliphatic carbocycles. The fourth-order valence-corrected chi connectivity index (χ4v) is 3.48. The lowest BCUT2D eigenvalue weighted by atomic mass is 10.1. The van der Waals surface area contributed by atoms with Gasteiger partial charge in [-0.05, 0) is 54.3 Å².